The van der Waals surface area contributed by atoms with Gasteiger partial charge in [0.2, 0.25) is 5.88 Å². The molecule has 1 amide bonds. The second-order valence-electron chi connectivity index (χ2n) is 6.48. The fourth-order valence-corrected chi connectivity index (χ4v) is 3.89. The summed E-state index contributed by atoms with van der Waals surface area (Å²) >= 11 is 3.52. The Morgan fingerprint density at radius 2 is 2.00 bits per heavy atom. The van der Waals surface area contributed by atoms with Crippen LogP contribution in [0.15, 0.2) is 35.1 Å². The first-order valence-corrected chi connectivity index (χ1v) is 9.42. The largest absolute Gasteiger partial charge is 0.474 e. The number of ether oxygens (including phenoxy) is 1. The highest BCUT2D eigenvalue weighted by Gasteiger charge is 2.25. The van der Waals surface area contributed by atoms with Crippen LogP contribution in [0.5, 0.6) is 5.88 Å². The number of rotatable bonds is 3. The third kappa shape index (κ3) is 3.46. The monoisotopic (exact) mass is 418 g/mol. The number of hydrogen-bond acceptors (Lipinski definition) is 5. The smallest absolute Gasteiger partial charge is 0.407 e. The molecular formula is C18H19BrN4O3. The van der Waals surface area contributed by atoms with Crippen LogP contribution in [0.25, 0.3) is 0 Å². The van der Waals surface area contributed by atoms with E-state index < -0.39 is 6.09 Å². The van der Waals surface area contributed by atoms with Crippen molar-refractivity contribution in [1.82, 2.24) is 14.9 Å². The molecule has 136 valence electrons. The van der Waals surface area contributed by atoms with Crippen LogP contribution in [-0.2, 0) is 6.42 Å². The van der Waals surface area contributed by atoms with Crippen molar-refractivity contribution in [3.05, 3.63) is 40.6 Å². The lowest BCUT2D eigenvalue weighted by Crippen LogP contribution is -2.41. The summed E-state index contributed by atoms with van der Waals surface area (Å²) in [7, 11) is 0. The van der Waals surface area contributed by atoms with Gasteiger partial charge in [-0.25, -0.2) is 14.8 Å². The summed E-state index contributed by atoms with van der Waals surface area (Å²) in [6, 6.07) is 8.13. The molecule has 1 aromatic heterocycles. The number of halogens is 1. The molecule has 0 radical (unpaired) electrons. The summed E-state index contributed by atoms with van der Waals surface area (Å²) in [4.78, 5) is 23.2. The Labute approximate surface area is 159 Å². The molecule has 26 heavy (non-hydrogen) atoms. The van der Waals surface area contributed by atoms with Gasteiger partial charge in [0, 0.05) is 48.7 Å². The van der Waals surface area contributed by atoms with Gasteiger partial charge in [0.1, 0.15) is 18.2 Å². The van der Waals surface area contributed by atoms with Crippen molar-refractivity contribution in [2.24, 2.45) is 0 Å². The fraction of sp³-hybridized carbons (Fsp3) is 0.389. The molecule has 3 heterocycles. The normalized spacial score (nSPS) is 17.3. The van der Waals surface area contributed by atoms with Crippen molar-refractivity contribution in [3.63, 3.8) is 0 Å². The number of carboxylic acid groups (broad SMARTS) is 1. The first kappa shape index (κ1) is 17.1. The minimum Gasteiger partial charge on any atom is -0.474 e. The lowest BCUT2D eigenvalue weighted by Gasteiger charge is -2.30. The number of aromatic nitrogens is 2. The number of likely N-dealkylation sites (tertiary alicyclic amines) is 1. The highest BCUT2D eigenvalue weighted by molar-refractivity contribution is 9.10. The van der Waals surface area contributed by atoms with Crippen LogP contribution in [0.2, 0.25) is 0 Å². The van der Waals surface area contributed by atoms with E-state index in [1.807, 2.05) is 12.1 Å². The number of carbonyl (C=O) groups is 1. The molecule has 2 aliphatic heterocycles. The van der Waals surface area contributed by atoms with Gasteiger partial charge in [-0.2, -0.15) is 0 Å². The van der Waals surface area contributed by atoms with E-state index in [4.69, 9.17) is 9.84 Å². The molecule has 0 spiro atoms. The molecule has 8 heteroatoms. The highest BCUT2D eigenvalue weighted by Crippen LogP contribution is 2.35. The molecule has 4 rings (SSSR count). The van der Waals surface area contributed by atoms with Gasteiger partial charge < -0.3 is 19.6 Å². The van der Waals surface area contributed by atoms with Crippen molar-refractivity contribution in [3.8, 4) is 5.88 Å². The van der Waals surface area contributed by atoms with Crippen LogP contribution >= 0.6 is 15.9 Å². The first-order valence-electron chi connectivity index (χ1n) is 8.63. The van der Waals surface area contributed by atoms with E-state index in [0.29, 0.717) is 31.8 Å². The van der Waals surface area contributed by atoms with Crippen LogP contribution < -0.4 is 9.64 Å². The Bertz CT molecular complexity index is 824. The van der Waals surface area contributed by atoms with Gasteiger partial charge in [0.05, 0.1) is 0 Å². The van der Waals surface area contributed by atoms with Gasteiger partial charge in [-0.3, -0.25) is 0 Å². The zero-order valence-corrected chi connectivity index (χ0v) is 15.7. The minimum absolute atomic E-state index is 0.0184. The summed E-state index contributed by atoms with van der Waals surface area (Å²) < 4.78 is 7.07. The van der Waals surface area contributed by atoms with Gasteiger partial charge in [-0.05, 0) is 30.2 Å². The summed E-state index contributed by atoms with van der Waals surface area (Å²) in [5, 5.41) is 9.03. The van der Waals surface area contributed by atoms with Crippen molar-refractivity contribution in [2.75, 3.05) is 24.5 Å². The molecule has 1 N–H and O–H groups in total. The molecule has 2 aromatic rings. The molecule has 1 fully saturated rings. The van der Waals surface area contributed by atoms with Crippen LogP contribution in [0.3, 0.4) is 0 Å². The number of benzene rings is 1. The van der Waals surface area contributed by atoms with E-state index in [1.54, 1.807) is 0 Å². The predicted octanol–water partition coefficient (Wildman–Crippen LogP) is 3.45. The molecule has 1 aromatic carbocycles. The van der Waals surface area contributed by atoms with E-state index in [2.05, 4.69) is 42.9 Å². The van der Waals surface area contributed by atoms with E-state index in [9.17, 15) is 4.79 Å². The molecule has 0 saturated carbocycles. The van der Waals surface area contributed by atoms with Crippen molar-refractivity contribution >= 4 is 33.5 Å². The molecule has 0 aliphatic carbocycles. The van der Waals surface area contributed by atoms with Crippen LogP contribution in [0.1, 0.15) is 18.4 Å². The molecule has 2 aliphatic rings. The van der Waals surface area contributed by atoms with Gasteiger partial charge in [0.15, 0.2) is 0 Å². The average molecular weight is 419 g/mol. The topological polar surface area (TPSA) is 78.8 Å². The summed E-state index contributed by atoms with van der Waals surface area (Å²) in [5.74, 6) is 1.35. The SMILES string of the molecule is O=C(O)N1CCC(Oc2cc(N3CCc4cc(Br)ccc43)ncn2)CC1. The maximum Gasteiger partial charge on any atom is 0.407 e. The fourth-order valence-electron chi connectivity index (χ4n) is 3.49. The summed E-state index contributed by atoms with van der Waals surface area (Å²) in [6.45, 7) is 1.86. The Kier molecular flexibility index (Phi) is 4.67. The van der Waals surface area contributed by atoms with Gasteiger partial charge in [-0.15, -0.1) is 0 Å². The number of fused-ring (bicyclic) bond motifs is 1. The number of amides is 1. The number of nitrogens with zero attached hydrogens (tertiary/aromatic N) is 4. The standard InChI is InChI=1S/C18H19BrN4O3/c19-13-1-2-15-12(9-13)3-8-23(15)16-10-17(21-11-20-16)26-14-4-6-22(7-5-14)18(24)25/h1-2,9-11,14H,3-8H2,(H,24,25). The van der Waals surface area contributed by atoms with Gasteiger partial charge in [0.25, 0.3) is 0 Å². The highest BCUT2D eigenvalue weighted by atomic mass is 79.9. The van der Waals surface area contributed by atoms with Crippen LogP contribution in [-0.4, -0.2) is 51.8 Å². The van der Waals surface area contributed by atoms with E-state index in [-0.39, 0.29) is 6.10 Å². The molecule has 0 atom stereocenters. The predicted molar refractivity (Wildman–Crippen MR) is 100 cm³/mol. The van der Waals surface area contributed by atoms with Crippen molar-refractivity contribution in [2.45, 2.75) is 25.4 Å². The van der Waals surface area contributed by atoms with Gasteiger partial charge in [-0.1, -0.05) is 15.9 Å². The second kappa shape index (κ2) is 7.11. The maximum absolute atomic E-state index is 11.0. The molecule has 0 unspecified atom stereocenters. The zero-order chi connectivity index (χ0) is 18.1. The van der Waals surface area contributed by atoms with Crippen LogP contribution in [0.4, 0.5) is 16.3 Å². The first-order chi connectivity index (χ1) is 12.6. The van der Waals surface area contributed by atoms with E-state index >= 15 is 0 Å². The van der Waals surface area contributed by atoms with E-state index in [0.717, 1.165) is 28.9 Å². The van der Waals surface area contributed by atoms with E-state index in [1.165, 1.54) is 16.8 Å². The Morgan fingerprint density at radius 1 is 1.19 bits per heavy atom. The lowest BCUT2D eigenvalue weighted by molar-refractivity contribution is 0.0870. The third-order valence-electron chi connectivity index (χ3n) is 4.84. The zero-order valence-electron chi connectivity index (χ0n) is 14.1. The summed E-state index contributed by atoms with van der Waals surface area (Å²) in [6.07, 6.45) is 2.96. The van der Waals surface area contributed by atoms with Gasteiger partial charge >= 0.3 is 6.09 Å². The molecule has 1 saturated heterocycles. The molecule has 0 bridgehead atoms. The lowest BCUT2D eigenvalue weighted by atomic mass is 10.1. The number of hydrogen-bond donors (Lipinski definition) is 1. The maximum atomic E-state index is 11.0. The molecule has 7 nitrogen and oxygen atoms in total. The Balaban J connectivity index is 1.46. The Morgan fingerprint density at radius 3 is 2.77 bits per heavy atom. The van der Waals surface area contributed by atoms with Crippen molar-refractivity contribution < 1.29 is 14.6 Å². The quantitative estimate of drug-likeness (QED) is 0.821. The average Bonchev–Trinajstić information content (AvgIpc) is 3.05. The summed E-state index contributed by atoms with van der Waals surface area (Å²) in [5.41, 5.74) is 2.45. The van der Waals surface area contributed by atoms with Crippen LogP contribution in [0, 0.1) is 0 Å². The Hall–Kier alpha value is -2.35. The minimum atomic E-state index is -0.868. The number of anilines is 2. The van der Waals surface area contributed by atoms with Crippen molar-refractivity contribution in [1.29, 1.82) is 0 Å². The second-order valence-corrected chi connectivity index (χ2v) is 7.39. The number of piperidine rings is 1. The third-order valence-corrected chi connectivity index (χ3v) is 5.33. The molecular weight excluding hydrogens is 400 g/mol.